The molecule has 0 saturated carbocycles. The van der Waals surface area contributed by atoms with Crippen molar-refractivity contribution in [1.82, 2.24) is 14.7 Å². The van der Waals surface area contributed by atoms with Gasteiger partial charge in [-0.25, -0.2) is 0 Å². The summed E-state index contributed by atoms with van der Waals surface area (Å²) in [6, 6.07) is 11.5. The van der Waals surface area contributed by atoms with E-state index in [2.05, 4.69) is 34.3 Å². The largest absolute Gasteiger partial charge is 0.480 e. The van der Waals surface area contributed by atoms with Gasteiger partial charge < -0.3 is 5.11 Å². The van der Waals surface area contributed by atoms with E-state index in [-0.39, 0.29) is 6.54 Å². The summed E-state index contributed by atoms with van der Waals surface area (Å²) in [5.74, 6) is -0.424. The Morgan fingerprint density at radius 2 is 1.85 bits per heavy atom. The van der Waals surface area contributed by atoms with Crippen molar-refractivity contribution in [3.63, 3.8) is 0 Å². The molecule has 1 N–H and O–H groups in total. The van der Waals surface area contributed by atoms with Crippen LogP contribution in [0.3, 0.4) is 0 Å². The maximum Gasteiger partial charge on any atom is 0.325 e. The van der Waals surface area contributed by atoms with Crippen molar-refractivity contribution in [2.24, 2.45) is 0 Å². The first-order chi connectivity index (χ1) is 12.7. The SMILES string of the molecule is O=C(O)Cn1ccc([C@@H]2CCCN(C3CCc4ccccc4CC3)C2)n1. The smallest absolute Gasteiger partial charge is 0.325 e. The number of piperidine rings is 1. The molecular formula is C21H27N3O2. The lowest BCUT2D eigenvalue weighted by Crippen LogP contribution is -2.42. The Bertz CT molecular complexity index is 743. The minimum atomic E-state index is -0.844. The van der Waals surface area contributed by atoms with E-state index >= 15 is 0 Å². The van der Waals surface area contributed by atoms with Crippen LogP contribution in [-0.2, 0) is 24.2 Å². The number of fused-ring (bicyclic) bond motifs is 1. The van der Waals surface area contributed by atoms with Gasteiger partial charge in [0.05, 0.1) is 5.69 Å². The number of likely N-dealkylation sites (tertiary alicyclic amines) is 1. The van der Waals surface area contributed by atoms with Crippen LogP contribution < -0.4 is 0 Å². The highest BCUT2D eigenvalue weighted by atomic mass is 16.4. The summed E-state index contributed by atoms with van der Waals surface area (Å²) >= 11 is 0. The summed E-state index contributed by atoms with van der Waals surface area (Å²) in [5, 5.41) is 13.4. The van der Waals surface area contributed by atoms with Crippen LogP contribution in [0.25, 0.3) is 0 Å². The Morgan fingerprint density at radius 3 is 2.54 bits per heavy atom. The maximum absolute atomic E-state index is 10.9. The summed E-state index contributed by atoms with van der Waals surface area (Å²) in [7, 11) is 0. The lowest BCUT2D eigenvalue weighted by atomic mass is 9.92. The Kier molecular flexibility index (Phi) is 5.07. The first-order valence-electron chi connectivity index (χ1n) is 9.75. The Hall–Kier alpha value is -2.14. The van der Waals surface area contributed by atoms with E-state index in [1.165, 1.54) is 49.8 Å². The molecule has 1 fully saturated rings. The minimum absolute atomic E-state index is 0.0582. The Morgan fingerprint density at radius 1 is 1.12 bits per heavy atom. The van der Waals surface area contributed by atoms with Gasteiger partial charge in [-0.1, -0.05) is 24.3 Å². The second-order valence-electron chi connectivity index (χ2n) is 7.67. The summed E-state index contributed by atoms with van der Waals surface area (Å²) < 4.78 is 1.54. The first-order valence-corrected chi connectivity index (χ1v) is 9.75. The highest BCUT2D eigenvalue weighted by Gasteiger charge is 2.29. The molecule has 138 valence electrons. The maximum atomic E-state index is 10.9. The molecular weight excluding hydrogens is 326 g/mol. The van der Waals surface area contributed by atoms with Crippen LogP contribution in [0.4, 0.5) is 0 Å². The average Bonchev–Trinajstić information content (AvgIpc) is 2.99. The van der Waals surface area contributed by atoms with E-state index in [0.29, 0.717) is 12.0 Å². The van der Waals surface area contributed by atoms with Crippen molar-refractivity contribution in [2.45, 2.75) is 57.0 Å². The van der Waals surface area contributed by atoms with Crippen LogP contribution in [0, 0.1) is 0 Å². The monoisotopic (exact) mass is 353 g/mol. The number of nitrogens with zero attached hydrogens (tertiary/aromatic N) is 3. The molecule has 5 heteroatoms. The van der Waals surface area contributed by atoms with Gasteiger partial charge in [0, 0.05) is 24.7 Å². The van der Waals surface area contributed by atoms with E-state index in [0.717, 1.165) is 18.7 Å². The molecule has 2 aliphatic rings. The van der Waals surface area contributed by atoms with E-state index in [1.807, 2.05) is 6.07 Å². The third kappa shape index (κ3) is 3.83. The molecule has 1 atom stereocenters. The van der Waals surface area contributed by atoms with Crippen molar-refractivity contribution in [3.8, 4) is 0 Å². The number of carbonyl (C=O) groups is 1. The van der Waals surface area contributed by atoms with Gasteiger partial charge in [-0.15, -0.1) is 0 Å². The standard InChI is InChI=1S/C21H27N3O2/c25-21(26)15-24-13-11-20(22-24)18-6-3-12-23(14-18)19-9-7-16-4-1-2-5-17(16)8-10-19/h1-2,4-5,11,13,18-19H,3,6-10,12,14-15H2,(H,25,26)/t18-/m1/s1. The molecule has 2 aromatic rings. The van der Waals surface area contributed by atoms with E-state index in [9.17, 15) is 4.79 Å². The fourth-order valence-corrected chi connectivity index (χ4v) is 4.60. The van der Waals surface area contributed by atoms with Gasteiger partial charge in [0.1, 0.15) is 6.54 Å². The molecule has 0 bridgehead atoms. The molecule has 1 aliphatic carbocycles. The van der Waals surface area contributed by atoms with Gasteiger partial charge in [-0.2, -0.15) is 5.10 Å². The number of aromatic nitrogens is 2. The first kappa shape index (κ1) is 17.3. The molecule has 2 heterocycles. The minimum Gasteiger partial charge on any atom is -0.480 e. The van der Waals surface area contributed by atoms with Crippen LogP contribution >= 0.6 is 0 Å². The molecule has 1 aliphatic heterocycles. The summed E-state index contributed by atoms with van der Waals surface area (Å²) in [6.45, 7) is 2.16. The van der Waals surface area contributed by atoms with Crippen molar-refractivity contribution in [3.05, 3.63) is 53.3 Å². The number of aliphatic carboxylic acids is 1. The molecule has 26 heavy (non-hydrogen) atoms. The number of aryl methyl sites for hydroxylation is 2. The molecule has 1 aromatic heterocycles. The summed E-state index contributed by atoms with van der Waals surface area (Å²) in [5.41, 5.74) is 4.10. The van der Waals surface area contributed by atoms with Crippen LogP contribution in [0.2, 0.25) is 0 Å². The highest BCUT2D eigenvalue weighted by molar-refractivity contribution is 5.66. The summed E-state index contributed by atoms with van der Waals surface area (Å²) in [6.07, 6.45) is 8.96. The van der Waals surface area contributed by atoms with Crippen LogP contribution in [-0.4, -0.2) is 44.9 Å². The molecule has 0 radical (unpaired) electrons. The highest BCUT2D eigenvalue weighted by Crippen LogP contribution is 2.30. The molecule has 0 unspecified atom stereocenters. The molecule has 4 rings (SSSR count). The second kappa shape index (κ2) is 7.62. The molecule has 1 saturated heterocycles. The van der Waals surface area contributed by atoms with Crippen LogP contribution in [0.5, 0.6) is 0 Å². The number of carboxylic acid groups (broad SMARTS) is 1. The molecule has 0 amide bonds. The van der Waals surface area contributed by atoms with Crippen molar-refractivity contribution < 1.29 is 9.90 Å². The fraction of sp³-hybridized carbons (Fsp3) is 0.524. The van der Waals surface area contributed by atoms with Crippen LogP contribution in [0.15, 0.2) is 36.5 Å². The van der Waals surface area contributed by atoms with E-state index < -0.39 is 5.97 Å². The number of benzene rings is 1. The Balaban J connectivity index is 1.41. The lowest BCUT2D eigenvalue weighted by Gasteiger charge is -2.37. The van der Waals surface area contributed by atoms with Gasteiger partial charge in [-0.05, 0) is 62.3 Å². The zero-order chi connectivity index (χ0) is 17.9. The van der Waals surface area contributed by atoms with Crippen molar-refractivity contribution >= 4 is 5.97 Å². The third-order valence-electron chi connectivity index (χ3n) is 5.96. The van der Waals surface area contributed by atoms with Gasteiger partial charge >= 0.3 is 5.97 Å². The lowest BCUT2D eigenvalue weighted by molar-refractivity contribution is -0.137. The number of hydrogen-bond donors (Lipinski definition) is 1. The van der Waals surface area contributed by atoms with Crippen molar-refractivity contribution in [2.75, 3.05) is 13.1 Å². The van der Waals surface area contributed by atoms with Gasteiger partial charge in [-0.3, -0.25) is 14.4 Å². The Labute approximate surface area is 154 Å². The molecule has 1 aromatic carbocycles. The number of carboxylic acids is 1. The fourth-order valence-electron chi connectivity index (χ4n) is 4.60. The predicted molar refractivity (Wildman–Crippen MR) is 100 cm³/mol. The quantitative estimate of drug-likeness (QED) is 0.858. The van der Waals surface area contributed by atoms with Crippen molar-refractivity contribution in [1.29, 1.82) is 0 Å². The summed E-state index contributed by atoms with van der Waals surface area (Å²) in [4.78, 5) is 13.5. The third-order valence-corrected chi connectivity index (χ3v) is 5.96. The predicted octanol–water partition coefficient (Wildman–Crippen LogP) is 3.09. The normalized spacial score (nSPS) is 21.9. The second-order valence-corrected chi connectivity index (χ2v) is 7.67. The molecule has 5 nitrogen and oxygen atoms in total. The zero-order valence-electron chi connectivity index (χ0n) is 15.2. The average molecular weight is 353 g/mol. The molecule has 0 spiro atoms. The number of hydrogen-bond acceptors (Lipinski definition) is 3. The van der Waals surface area contributed by atoms with Crippen LogP contribution in [0.1, 0.15) is 48.4 Å². The topological polar surface area (TPSA) is 58.4 Å². The van der Waals surface area contributed by atoms with E-state index in [4.69, 9.17) is 5.11 Å². The van der Waals surface area contributed by atoms with Gasteiger partial charge in [0.25, 0.3) is 0 Å². The van der Waals surface area contributed by atoms with Gasteiger partial charge in [0.2, 0.25) is 0 Å². The van der Waals surface area contributed by atoms with Gasteiger partial charge in [0.15, 0.2) is 0 Å². The number of rotatable bonds is 4. The zero-order valence-corrected chi connectivity index (χ0v) is 15.2. The van der Waals surface area contributed by atoms with E-state index in [1.54, 1.807) is 10.9 Å².